The molecule has 1 aromatic carbocycles. The number of hydrogen-bond acceptors (Lipinski definition) is 3. The van der Waals surface area contributed by atoms with Gasteiger partial charge in [0.15, 0.2) is 0 Å². The van der Waals surface area contributed by atoms with Gasteiger partial charge in [-0.05, 0) is 68.7 Å². The standard InChI is InChI=1S/C18H28N2O2/c1-11-9-12(15-13(10-19)18(15,5)6)7-8-14(11)20-16(21)22-17(2,3)4/h7-9,13,15H,10,19H2,1-6H3,(H,20,21). The molecule has 122 valence electrons. The van der Waals surface area contributed by atoms with E-state index in [1.165, 1.54) is 5.56 Å². The Morgan fingerprint density at radius 2 is 2.00 bits per heavy atom. The molecular weight excluding hydrogens is 276 g/mol. The fourth-order valence-electron chi connectivity index (χ4n) is 3.28. The monoisotopic (exact) mass is 304 g/mol. The summed E-state index contributed by atoms with van der Waals surface area (Å²) >= 11 is 0. The zero-order valence-corrected chi connectivity index (χ0v) is 14.5. The highest BCUT2D eigenvalue weighted by Gasteiger charge is 2.57. The SMILES string of the molecule is Cc1cc(C2C(CN)C2(C)C)ccc1NC(=O)OC(C)(C)C. The highest BCUT2D eigenvalue weighted by Crippen LogP contribution is 2.63. The second-order valence-electron chi connectivity index (χ2n) is 7.84. The van der Waals surface area contributed by atoms with E-state index in [2.05, 4.69) is 31.3 Å². The van der Waals surface area contributed by atoms with Gasteiger partial charge in [-0.1, -0.05) is 26.0 Å². The number of carbonyl (C=O) groups excluding carboxylic acids is 1. The zero-order chi connectivity index (χ0) is 16.7. The normalized spacial score (nSPS) is 23.0. The molecule has 1 aliphatic carbocycles. The van der Waals surface area contributed by atoms with E-state index in [1.54, 1.807) is 0 Å². The van der Waals surface area contributed by atoms with Crippen LogP contribution in [0.2, 0.25) is 0 Å². The van der Waals surface area contributed by atoms with Crippen LogP contribution in [-0.4, -0.2) is 18.2 Å². The van der Waals surface area contributed by atoms with Gasteiger partial charge < -0.3 is 10.5 Å². The number of ether oxygens (including phenoxy) is 1. The van der Waals surface area contributed by atoms with Crippen LogP contribution in [-0.2, 0) is 4.74 Å². The molecule has 4 nitrogen and oxygen atoms in total. The van der Waals surface area contributed by atoms with Gasteiger partial charge in [0.2, 0.25) is 0 Å². The zero-order valence-electron chi connectivity index (χ0n) is 14.5. The Morgan fingerprint density at radius 3 is 2.45 bits per heavy atom. The second-order valence-corrected chi connectivity index (χ2v) is 7.84. The third-order valence-electron chi connectivity index (χ3n) is 4.55. The van der Waals surface area contributed by atoms with Gasteiger partial charge in [-0.3, -0.25) is 5.32 Å². The van der Waals surface area contributed by atoms with E-state index in [4.69, 9.17) is 10.5 Å². The summed E-state index contributed by atoms with van der Waals surface area (Å²) in [6, 6.07) is 6.19. The molecule has 0 radical (unpaired) electrons. The summed E-state index contributed by atoms with van der Waals surface area (Å²) in [6.07, 6.45) is -0.421. The van der Waals surface area contributed by atoms with E-state index in [9.17, 15) is 4.79 Å². The number of hydrogen-bond donors (Lipinski definition) is 2. The van der Waals surface area contributed by atoms with Crippen LogP contribution in [0.1, 0.15) is 51.7 Å². The lowest BCUT2D eigenvalue weighted by molar-refractivity contribution is 0.0636. The van der Waals surface area contributed by atoms with Crippen molar-refractivity contribution in [2.24, 2.45) is 17.1 Å². The Balaban J connectivity index is 2.10. The van der Waals surface area contributed by atoms with Crippen molar-refractivity contribution in [1.29, 1.82) is 0 Å². The van der Waals surface area contributed by atoms with Gasteiger partial charge in [0.1, 0.15) is 5.60 Å². The predicted molar refractivity (Wildman–Crippen MR) is 90.1 cm³/mol. The van der Waals surface area contributed by atoms with Crippen molar-refractivity contribution in [2.75, 3.05) is 11.9 Å². The number of carbonyl (C=O) groups is 1. The highest BCUT2D eigenvalue weighted by molar-refractivity contribution is 5.86. The smallest absolute Gasteiger partial charge is 0.412 e. The number of amides is 1. The number of benzene rings is 1. The lowest BCUT2D eigenvalue weighted by Crippen LogP contribution is -2.27. The highest BCUT2D eigenvalue weighted by atomic mass is 16.6. The maximum absolute atomic E-state index is 11.9. The van der Waals surface area contributed by atoms with E-state index < -0.39 is 11.7 Å². The fraction of sp³-hybridized carbons (Fsp3) is 0.611. The molecule has 0 heterocycles. The molecule has 0 aliphatic heterocycles. The third kappa shape index (κ3) is 3.43. The average Bonchev–Trinajstić information content (AvgIpc) is 2.91. The maximum Gasteiger partial charge on any atom is 0.412 e. The molecule has 0 bridgehead atoms. The minimum absolute atomic E-state index is 0.265. The van der Waals surface area contributed by atoms with E-state index in [-0.39, 0.29) is 5.41 Å². The minimum Gasteiger partial charge on any atom is -0.444 e. The molecule has 2 atom stereocenters. The van der Waals surface area contributed by atoms with Gasteiger partial charge >= 0.3 is 6.09 Å². The third-order valence-corrected chi connectivity index (χ3v) is 4.55. The Morgan fingerprint density at radius 1 is 1.36 bits per heavy atom. The predicted octanol–water partition coefficient (Wildman–Crippen LogP) is 4.04. The van der Waals surface area contributed by atoms with Gasteiger partial charge in [-0.2, -0.15) is 0 Å². The lowest BCUT2D eigenvalue weighted by Gasteiger charge is -2.20. The quantitative estimate of drug-likeness (QED) is 0.885. The van der Waals surface area contributed by atoms with Crippen LogP contribution in [0.3, 0.4) is 0 Å². The van der Waals surface area contributed by atoms with Gasteiger partial charge in [0, 0.05) is 5.69 Å². The molecule has 22 heavy (non-hydrogen) atoms. The lowest BCUT2D eigenvalue weighted by atomic mass is 10.0. The van der Waals surface area contributed by atoms with Crippen LogP contribution in [0.4, 0.5) is 10.5 Å². The summed E-state index contributed by atoms with van der Waals surface area (Å²) < 4.78 is 5.29. The first-order valence-electron chi connectivity index (χ1n) is 7.87. The molecule has 0 saturated heterocycles. The largest absolute Gasteiger partial charge is 0.444 e. The van der Waals surface area contributed by atoms with Crippen molar-refractivity contribution in [3.63, 3.8) is 0 Å². The minimum atomic E-state index is -0.496. The Bertz CT molecular complexity index is 573. The van der Waals surface area contributed by atoms with E-state index >= 15 is 0 Å². The fourth-order valence-corrected chi connectivity index (χ4v) is 3.28. The molecule has 3 N–H and O–H groups in total. The molecular formula is C18H28N2O2. The number of anilines is 1. The van der Waals surface area contributed by atoms with Crippen molar-refractivity contribution in [3.8, 4) is 0 Å². The summed E-state index contributed by atoms with van der Waals surface area (Å²) in [5, 5.41) is 2.81. The number of rotatable bonds is 3. The number of aryl methyl sites for hydroxylation is 1. The van der Waals surface area contributed by atoms with Crippen LogP contribution < -0.4 is 11.1 Å². The van der Waals surface area contributed by atoms with Crippen molar-refractivity contribution in [2.45, 2.75) is 53.1 Å². The topological polar surface area (TPSA) is 64.3 Å². The number of nitrogens with two attached hydrogens (primary N) is 1. The molecule has 1 amide bonds. The van der Waals surface area contributed by atoms with Crippen molar-refractivity contribution in [3.05, 3.63) is 29.3 Å². The van der Waals surface area contributed by atoms with E-state index in [0.717, 1.165) is 11.3 Å². The van der Waals surface area contributed by atoms with E-state index in [0.29, 0.717) is 18.4 Å². The Hall–Kier alpha value is -1.55. The molecule has 1 aromatic rings. The van der Waals surface area contributed by atoms with Crippen LogP contribution in [0.15, 0.2) is 18.2 Å². The van der Waals surface area contributed by atoms with E-state index in [1.807, 2.05) is 33.8 Å². The van der Waals surface area contributed by atoms with Gasteiger partial charge in [0.25, 0.3) is 0 Å². The van der Waals surface area contributed by atoms with Crippen LogP contribution in [0.25, 0.3) is 0 Å². The van der Waals surface area contributed by atoms with Gasteiger partial charge in [0.05, 0.1) is 0 Å². The Labute approximate surface area is 133 Å². The molecule has 1 fully saturated rings. The Kier molecular flexibility index (Phi) is 4.26. The summed E-state index contributed by atoms with van der Waals surface area (Å²) in [5.74, 6) is 1.04. The second kappa shape index (κ2) is 5.58. The summed E-state index contributed by atoms with van der Waals surface area (Å²) in [5.41, 5.74) is 8.76. The van der Waals surface area contributed by atoms with Gasteiger partial charge in [-0.25, -0.2) is 4.79 Å². The van der Waals surface area contributed by atoms with Crippen molar-refractivity contribution >= 4 is 11.8 Å². The molecule has 4 heteroatoms. The summed E-state index contributed by atoms with van der Waals surface area (Å²) in [6.45, 7) is 12.8. The van der Waals surface area contributed by atoms with Crippen molar-refractivity contribution in [1.82, 2.24) is 0 Å². The summed E-state index contributed by atoms with van der Waals surface area (Å²) in [7, 11) is 0. The summed E-state index contributed by atoms with van der Waals surface area (Å²) in [4.78, 5) is 11.9. The average molecular weight is 304 g/mol. The molecule has 2 unspecified atom stereocenters. The first-order valence-corrected chi connectivity index (χ1v) is 7.87. The molecule has 2 rings (SSSR count). The first kappa shape index (κ1) is 16.8. The van der Waals surface area contributed by atoms with Crippen LogP contribution >= 0.6 is 0 Å². The van der Waals surface area contributed by atoms with Crippen LogP contribution in [0, 0.1) is 18.3 Å². The molecule has 1 aliphatic rings. The van der Waals surface area contributed by atoms with Crippen LogP contribution in [0.5, 0.6) is 0 Å². The molecule has 0 aromatic heterocycles. The van der Waals surface area contributed by atoms with Crippen molar-refractivity contribution < 1.29 is 9.53 Å². The first-order chi connectivity index (χ1) is 10.1. The van der Waals surface area contributed by atoms with Gasteiger partial charge in [-0.15, -0.1) is 0 Å². The number of nitrogens with one attached hydrogen (secondary N) is 1. The molecule has 1 saturated carbocycles. The molecule has 0 spiro atoms. The maximum atomic E-state index is 11.9.